The number of hydrogen-bond acceptors (Lipinski definition) is 1. The standard InChI is InChI=1S/C14H20ClN/c15-11-13-7-4-9-16(10-8-13)12-14-5-2-1-3-6-14/h1-3,5-6,13H,4,7-12H2. The van der Waals surface area contributed by atoms with Gasteiger partial charge in [0.2, 0.25) is 0 Å². The molecule has 1 fully saturated rings. The van der Waals surface area contributed by atoms with Crippen LogP contribution >= 0.6 is 11.6 Å². The second-order valence-electron chi connectivity index (χ2n) is 4.71. The van der Waals surface area contributed by atoms with E-state index in [4.69, 9.17) is 11.6 Å². The number of benzene rings is 1. The van der Waals surface area contributed by atoms with Gasteiger partial charge in [-0.3, -0.25) is 4.90 Å². The van der Waals surface area contributed by atoms with E-state index in [1.807, 2.05) is 0 Å². The Balaban J connectivity index is 1.86. The molecule has 0 spiro atoms. The van der Waals surface area contributed by atoms with Crippen LogP contribution in [0.4, 0.5) is 0 Å². The SMILES string of the molecule is ClCC1CCCN(Cc2ccccc2)CC1. The summed E-state index contributed by atoms with van der Waals surface area (Å²) >= 11 is 5.94. The Morgan fingerprint density at radius 1 is 1.12 bits per heavy atom. The molecular weight excluding hydrogens is 218 g/mol. The molecule has 0 aromatic heterocycles. The van der Waals surface area contributed by atoms with Crippen molar-refractivity contribution in [2.24, 2.45) is 5.92 Å². The summed E-state index contributed by atoms with van der Waals surface area (Å²) in [6, 6.07) is 10.7. The van der Waals surface area contributed by atoms with Gasteiger partial charge in [-0.1, -0.05) is 30.3 Å². The molecule has 2 rings (SSSR count). The maximum atomic E-state index is 5.94. The summed E-state index contributed by atoms with van der Waals surface area (Å²) in [6.45, 7) is 3.52. The molecule has 0 aliphatic carbocycles. The Kier molecular flexibility index (Phi) is 4.68. The smallest absolute Gasteiger partial charge is 0.0252 e. The highest BCUT2D eigenvalue weighted by Crippen LogP contribution is 2.19. The molecule has 0 saturated carbocycles. The van der Waals surface area contributed by atoms with Gasteiger partial charge in [-0.05, 0) is 43.8 Å². The molecule has 1 unspecified atom stereocenters. The first-order valence-corrected chi connectivity index (χ1v) is 6.74. The number of rotatable bonds is 3. The second kappa shape index (κ2) is 6.27. The Morgan fingerprint density at radius 3 is 2.69 bits per heavy atom. The van der Waals surface area contributed by atoms with Crippen molar-refractivity contribution < 1.29 is 0 Å². The van der Waals surface area contributed by atoms with Crippen LogP contribution in [0.5, 0.6) is 0 Å². The fourth-order valence-electron chi connectivity index (χ4n) is 2.38. The van der Waals surface area contributed by atoms with Crippen molar-refractivity contribution in [2.75, 3.05) is 19.0 Å². The predicted molar refractivity (Wildman–Crippen MR) is 69.8 cm³/mol. The minimum atomic E-state index is 0.738. The van der Waals surface area contributed by atoms with Crippen LogP contribution in [0.25, 0.3) is 0 Å². The van der Waals surface area contributed by atoms with Gasteiger partial charge in [0.15, 0.2) is 0 Å². The first-order chi connectivity index (χ1) is 7.88. The fourth-order valence-corrected chi connectivity index (χ4v) is 2.69. The summed E-state index contributed by atoms with van der Waals surface area (Å²) in [6.07, 6.45) is 3.86. The molecule has 0 N–H and O–H groups in total. The van der Waals surface area contributed by atoms with E-state index in [2.05, 4.69) is 35.2 Å². The molecule has 2 heteroatoms. The van der Waals surface area contributed by atoms with E-state index < -0.39 is 0 Å². The van der Waals surface area contributed by atoms with E-state index in [0.717, 1.165) is 18.3 Å². The fraction of sp³-hybridized carbons (Fsp3) is 0.571. The third kappa shape index (κ3) is 3.50. The molecule has 1 aromatic rings. The number of alkyl halides is 1. The summed E-state index contributed by atoms with van der Waals surface area (Å²) in [4.78, 5) is 2.56. The first kappa shape index (κ1) is 11.9. The third-order valence-corrected chi connectivity index (χ3v) is 3.84. The lowest BCUT2D eigenvalue weighted by Gasteiger charge is -2.19. The second-order valence-corrected chi connectivity index (χ2v) is 5.02. The van der Waals surface area contributed by atoms with Crippen molar-refractivity contribution in [2.45, 2.75) is 25.8 Å². The van der Waals surface area contributed by atoms with Crippen LogP contribution in [0.2, 0.25) is 0 Å². The van der Waals surface area contributed by atoms with Gasteiger partial charge >= 0.3 is 0 Å². The highest BCUT2D eigenvalue weighted by atomic mass is 35.5. The highest BCUT2D eigenvalue weighted by molar-refractivity contribution is 6.18. The van der Waals surface area contributed by atoms with Crippen molar-refractivity contribution in [3.8, 4) is 0 Å². The highest BCUT2D eigenvalue weighted by Gasteiger charge is 2.15. The Labute approximate surface area is 103 Å². The molecule has 0 bridgehead atoms. The minimum Gasteiger partial charge on any atom is -0.299 e. The maximum Gasteiger partial charge on any atom is 0.0252 e. The van der Waals surface area contributed by atoms with Gasteiger partial charge in [0, 0.05) is 12.4 Å². The largest absolute Gasteiger partial charge is 0.299 e. The molecule has 1 nitrogen and oxygen atoms in total. The molecule has 1 aliphatic heterocycles. The van der Waals surface area contributed by atoms with Gasteiger partial charge in [-0.2, -0.15) is 0 Å². The molecule has 1 aromatic carbocycles. The van der Waals surface area contributed by atoms with E-state index in [-0.39, 0.29) is 0 Å². The Bertz CT molecular complexity index is 299. The lowest BCUT2D eigenvalue weighted by molar-refractivity contribution is 0.274. The minimum absolute atomic E-state index is 0.738. The predicted octanol–water partition coefficient (Wildman–Crippen LogP) is 3.53. The van der Waals surface area contributed by atoms with Crippen LogP contribution in [0, 0.1) is 5.92 Å². The normalized spacial score (nSPS) is 22.9. The topological polar surface area (TPSA) is 3.24 Å². The van der Waals surface area contributed by atoms with Crippen molar-refractivity contribution in [1.29, 1.82) is 0 Å². The van der Waals surface area contributed by atoms with Gasteiger partial charge in [0.05, 0.1) is 0 Å². The lowest BCUT2D eigenvalue weighted by atomic mass is 10.0. The van der Waals surface area contributed by atoms with E-state index >= 15 is 0 Å². The van der Waals surface area contributed by atoms with Crippen LogP contribution in [0.1, 0.15) is 24.8 Å². The van der Waals surface area contributed by atoms with E-state index in [0.29, 0.717) is 0 Å². The maximum absolute atomic E-state index is 5.94. The average molecular weight is 238 g/mol. The van der Waals surface area contributed by atoms with Gasteiger partial charge < -0.3 is 0 Å². The van der Waals surface area contributed by atoms with Crippen molar-refractivity contribution in [3.05, 3.63) is 35.9 Å². The van der Waals surface area contributed by atoms with Crippen LogP contribution in [0.3, 0.4) is 0 Å². The van der Waals surface area contributed by atoms with E-state index in [9.17, 15) is 0 Å². The van der Waals surface area contributed by atoms with E-state index in [1.165, 1.54) is 37.9 Å². The summed E-state index contributed by atoms with van der Waals surface area (Å²) in [7, 11) is 0. The quantitative estimate of drug-likeness (QED) is 0.727. The molecular formula is C14H20ClN. The van der Waals surface area contributed by atoms with Crippen molar-refractivity contribution in [3.63, 3.8) is 0 Å². The van der Waals surface area contributed by atoms with Crippen LogP contribution in [-0.2, 0) is 6.54 Å². The molecule has 1 aliphatic rings. The average Bonchev–Trinajstić information content (AvgIpc) is 2.56. The zero-order valence-electron chi connectivity index (χ0n) is 9.74. The van der Waals surface area contributed by atoms with Crippen LogP contribution in [-0.4, -0.2) is 23.9 Å². The first-order valence-electron chi connectivity index (χ1n) is 6.20. The van der Waals surface area contributed by atoms with Gasteiger partial charge in [0.25, 0.3) is 0 Å². The Morgan fingerprint density at radius 2 is 1.94 bits per heavy atom. The molecule has 1 atom stereocenters. The zero-order valence-corrected chi connectivity index (χ0v) is 10.5. The molecule has 1 heterocycles. The Hall–Kier alpha value is -0.530. The molecule has 88 valence electrons. The summed E-state index contributed by atoms with van der Waals surface area (Å²) in [5, 5.41) is 0. The van der Waals surface area contributed by atoms with E-state index in [1.54, 1.807) is 0 Å². The lowest BCUT2D eigenvalue weighted by Crippen LogP contribution is -2.24. The van der Waals surface area contributed by atoms with Crippen LogP contribution < -0.4 is 0 Å². The number of likely N-dealkylation sites (tertiary alicyclic amines) is 1. The van der Waals surface area contributed by atoms with Gasteiger partial charge in [0.1, 0.15) is 0 Å². The molecule has 1 saturated heterocycles. The summed E-state index contributed by atoms with van der Waals surface area (Å²) in [5.74, 6) is 1.57. The molecule has 0 radical (unpaired) electrons. The summed E-state index contributed by atoms with van der Waals surface area (Å²) in [5.41, 5.74) is 1.42. The van der Waals surface area contributed by atoms with Gasteiger partial charge in [-0.25, -0.2) is 0 Å². The number of hydrogen-bond donors (Lipinski definition) is 0. The van der Waals surface area contributed by atoms with Crippen molar-refractivity contribution >= 4 is 11.6 Å². The molecule has 0 amide bonds. The van der Waals surface area contributed by atoms with Crippen molar-refractivity contribution in [1.82, 2.24) is 4.90 Å². The third-order valence-electron chi connectivity index (χ3n) is 3.41. The van der Waals surface area contributed by atoms with Crippen LogP contribution in [0.15, 0.2) is 30.3 Å². The number of halogens is 1. The van der Waals surface area contributed by atoms with Gasteiger partial charge in [-0.15, -0.1) is 11.6 Å². The number of nitrogens with zero attached hydrogens (tertiary/aromatic N) is 1. The molecule has 16 heavy (non-hydrogen) atoms. The zero-order chi connectivity index (χ0) is 11.2. The monoisotopic (exact) mass is 237 g/mol. The summed E-state index contributed by atoms with van der Waals surface area (Å²) < 4.78 is 0.